The molecule has 1 aromatic rings. The number of alkyl halides is 1. The van der Waals surface area contributed by atoms with Gasteiger partial charge in [0, 0.05) is 17.3 Å². The van der Waals surface area contributed by atoms with Crippen molar-refractivity contribution < 1.29 is 4.79 Å². The lowest BCUT2D eigenvalue weighted by Gasteiger charge is -2.01. The van der Waals surface area contributed by atoms with E-state index in [1.165, 1.54) is 0 Å². The largest absolute Gasteiger partial charge is 0.294 e. The molecule has 0 saturated heterocycles. The highest BCUT2D eigenvalue weighted by atomic mass is 79.9. The van der Waals surface area contributed by atoms with Gasteiger partial charge in [-0.1, -0.05) is 39.1 Å². The smallest absolute Gasteiger partial charge is 0.162 e. The summed E-state index contributed by atoms with van der Waals surface area (Å²) in [6.07, 6.45) is 1.36. The van der Waals surface area contributed by atoms with Crippen LogP contribution in [0.2, 0.25) is 10.0 Å². The van der Waals surface area contributed by atoms with Crippen LogP contribution in [0.25, 0.3) is 0 Å². The van der Waals surface area contributed by atoms with E-state index in [9.17, 15) is 4.79 Å². The second-order valence-electron chi connectivity index (χ2n) is 2.84. The molecule has 0 heterocycles. The molecular weight excluding hydrogens is 287 g/mol. The van der Waals surface area contributed by atoms with Crippen LogP contribution in [0, 0.1) is 0 Å². The van der Waals surface area contributed by atoms with Crippen molar-refractivity contribution in [2.45, 2.75) is 12.8 Å². The Morgan fingerprint density at radius 3 is 2.57 bits per heavy atom. The third kappa shape index (κ3) is 3.26. The first-order valence-corrected chi connectivity index (χ1v) is 6.07. The van der Waals surface area contributed by atoms with E-state index in [1.54, 1.807) is 18.2 Å². The van der Waals surface area contributed by atoms with Gasteiger partial charge in [-0.2, -0.15) is 0 Å². The molecule has 0 atom stereocenters. The first-order chi connectivity index (χ1) is 6.65. The Hall–Kier alpha value is -0.0500. The number of Topliss-reactive ketones (excluding diaryl/α,β-unsaturated/α-hetero) is 1. The monoisotopic (exact) mass is 294 g/mol. The number of benzene rings is 1. The lowest BCUT2D eigenvalue weighted by Crippen LogP contribution is -1.98. The second kappa shape index (κ2) is 5.74. The first kappa shape index (κ1) is 12.0. The average Bonchev–Trinajstić information content (AvgIpc) is 2.18. The van der Waals surface area contributed by atoms with Crippen molar-refractivity contribution in [3.05, 3.63) is 33.8 Å². The van der Waals surface area contributed by atoms with Crippen molar-refractivity contribution in [1.29, 1.82) is 0 Å². The van der Waals surface area contributed by atoms with Crippen LogP contribution in [0.4, 0.5) is 0 Å². The van der Waals surface area contributed by atoms with Gasteiger partial charge in [0.2, 0.25) is 0 Å². The maximum Gasteiger partial charge on any atom is 0.162 e. The molecule has 1 aromatic carbocycles. The molecule has 1 nitrogen and oxygen atoms in total. The van der Waals surface area contributed by atoms with Gasteiger partial charge in [0.25, 0.3) is 0 Å². The van der Waals surface area contributed by atoms with Crippen molar-refractivity contribution in [2.24, 2.45) is 0 Å². The molecule has 0 bridgehead atoms. The van der Waals surface area contributed by atoms with E-state index < -0.39 is 0 Å². The zero-order valence-electron chi connectivity index (χ0n) is 7.40. The fourth-order valence-corrected chi connectivity index (χ4v) is 1.62. The third-order valence-electron chi connectivity index (χ3n) is 1.78. The lowest BCUT2D eigenvalue weighted by molar-refractivity contribution is 0.0982. The molecule has 1 rings (SSSR count). The summed E-state index contributed by atoms with van der Waals surface area (Å²) in [5, 5.41) is 1.74. The van der Waals surface area contributed by atoms with Crippen molar-refractivity contribution >= 4 is 44.9 Å². The summed E-state index contributed by atoms with van der Waals surface area (Å²) in [7, 11) is 0. The van der Waals surface area contributed by atoms with Crippen molar-refractivity contribution in [2.75, 3.05) is 5.33 Å². The van der Waals surface area contributed by atoms with Gasteiger partial charge >= 0.3 is 0 Å². The predicted molar refractivity (Wildman–Crippen MR) is 63.8 cm³/mol. The fraction of sp³-hybridized carbons (Fsp3) is 0.300. The number of carbonyl (C=O) groups excluding carboxylic acids is 1. The van der Waals surface area contributed by atoms with E-state index in [2.05, 4.69) is 15.9 Å². The third-order valence-corrected chi connectivity index (χ3v) is 3.08. The Bertz CT molecular complexity index is 339. The molecule has 0 aliphatic heterocycles. The van der Waals surface area contributed by atoms with E-state index >= 15 is 0 Å². The number of rotatable bonds is 4. The molecule has 0 fully saturated rings. The van der Waals surface area contributed by atoms with E-state index in [0.717, 1.165) is 11.8 Å². The van der Waals surface area contributed by atoms with Crippen LogP contribution < -0.4 is 0 Å². The van der Waals surface area contributed by atoms with Crippen molar-refractivity contribution in [3.8, 4) is 0 Å². The normalized spacial score (nSPS) is 10.2. The van der Waals surface area contributed by atoms with Gasteiger partial charge in [0.15, 0.2) is 5.78 Å². The highest BCUT2D eigenvalue weighted by Crippen LogP contribution is 2.23. The van der Waals surface area contributed by atoms with Gasteiger partial charge in [-0.25, -0.2) is 0 Å². The Morgan fingerprint density at radius 2 is 2.00 bits per heavy atom. The zero-order chi connectivity index (χ0) is 10.6. The van der Waals surface area contributed by atoms with Crippen LogP contribution in [-0.4, -0.2) is 11.1 Å². The van der Waals surface area contributed by atoms with Crippen LogP contribution in [0.3, 0.4) is 0 Å². The first-order valence-electron chi connectivity index (χ1n) is 4.19. The molecule has 0 spiro atoms. The molecule has 0 saturated carbocycles. The SMILES string of the molecule is O=C(CCCBr)c1ccc(Cl)c(Cl)c1. The maximum atomic E-state index is 11.5. The zero-order valence-corrected chi connectivity index (χ0v) is 10.5. The van der Waals surface area contributed by atoms with Crippen LogP contribution >= 0.6 is 39.1 Å². The summed E-state index contributed by atoms with van der Waals surface area (Å²) in [6.45, 7) is 0. The lowest BCUT2D eigenvalue weighted by atomic mass is 10.1. The van der Waals surface area contributed by atoms with Gasteiger partial charge in [-0.15, -0.1) is 0 Å². The molecule has 14 heavy (non-hydrogen) atoms. The molecule has 0 aliphatic carbocycles. The van der Waals surface area contributed by atoms with Crippen molar-refractivity contribution in [3.63, 3.8) is 0 Å². The predicted octanol–water partition coefficient (Wildman–Crippen LogP) is 4.35. The number of carbonyl (C=O) groups is 1. The van der Waals surface area contributed by atoms with Gasteiger partial charge in [-0.05, 0) is 24.6 Å². The van der Waals surface area contributed by atoms with Crippen LogP contribution in [0.15, 0.2) is 18.2 Å². The summed E-state index contributed by atoms with van der Waals surface area (Å²) in [5.41, 5.74) is 0.625. The molecule has 0 aliphatic rings. The van der Waals surface area contributed by atoms with Gasteiger partial charge < -0.3 is 0 Å². The Balaban J connectivity index is 2.76. The number of halogens is 3. The maximum absolute atomic E-state index is 11.5. The summed E-state index contributed by atoms with van der Waals surface area (Å²) in [4.78, 5) is 11.5. The van der Waals surface area contributed by atoms with Crippen LogP contribution in [-0.2, 0) is 0 Å². The van der Waals surface area contributed by atoms with E-state index in [1.807, 2.05) is 0 Å². The molecule has 0 N–H and O–H groups in total. The van der Waals surface area contributed by atoms with Gasteiger partial charge in [0.1, 0.15) is 0 Å². The van der Waals surface area contributed by atoms with Gasteiger partial charge in [-0.3, -0.25) is 4.79 Å². The minimum atomic E-state index is 0.100. The number of hydrogen-bond acceptors (Lipinski definition) is 1. The summed E-state index contributed by atoms with van der Waals surface area (Å²) >= 11 is 14.8. The molecule has 76 valence electrons. The van der Waals surface area contributed by atoms with Crippen LogP contribution in [0.5, 0.6) is 0 Å². The molecule has 0 unspecified atom stereocenters. The van der Waals surface area contributed by atoms with Gasteiger partial charge in [0.05, 0.1) is 10.0 Å². The Kier molecular flexibility index (Phi) is 4.93. The summed E-state index contributed by atoms with van der Waals surface area (Å²) < 4.78 is 0. The highest BCUT2D eigenvalue weighted by molar-refractivity contribution is 9.09. The number of hydrogen-bond donors (Lipinski definition) is 0. The summed E-state index contributed by atoms with van der Waals surface area (Å²) in [6, 6.07) is 4.95. The molecule has 0 aromatic heterocycles. The molecule has 4 heteroatoms. The summed E-state index contributed by atoms with van der Waals surface area (Å²) in [5.74, 6) is 0.100. The second-order valence-corrected chi connectivity index (χ2v) is 4.45. The highest BCUT2D eigenvalue weighted by Gasteiger charge is 2.07. The minimum absolute atomic E-state index is 0.100. The molecule has 0 amide bonds. The van der Waals surface area contributed by atoms with E-state index in [4.69, 9.17) is 23.2 Å². The Morgan fingerprint density at radius 1 is 1.29 bits per heavy atom. The quantitative estimate of drug-likeness (QED) is 0.596. The number of ketones is 1. The minimum Gasteiger partial charge on any atom is -0.294 e. The molecular formula is C10H9BrCl2O. The standard InChI is InChI=1S/C10H9BrCl2O/c11-5-1-2-10(14)7-3-4-8(12)9(13)6-7/h3-4,6H,1-2,5H2. The molecule has 0 radical (unpaired) electrons. The van der Waals surface area contributed by atoms with E-state index in [0.29, 0.717) is 22.0 Å². The van der Waals surface area contributed by atoms with Crippen molar-refractivity contribution in [1.82, 2.24) is 0 Å². The van der Waals surface area contributed by atoms with Crippen LogP contribution in [0.1, 0.15) is 23.2 Å². The Labute approximate surface area is 102 Å². The fourth-order valence-electron chi connectivity index (χ4n) is 1.04. The van der Waals surface area contributed by atoms with E-state index in [-0.39, 0.29) is 5.78 Å². The topological polar surface area (TPSA) is 17.1 Å². The average molecular weight is 296 g/mol.